The van der Waals surface area contributed by atoms with E-state index in [4.69, 9.17) is 0 Å². The van der Waals surface area contributed by atoms with Gasteiger partial charge in [0.15, 0.2) is 0 Å². The van der Waals surface area contributed by atoms with Gasteiger partial charge in [0, 0.05) is 26.3 Å². The zero-order valence-corrected chi connectivity index (χ0v) is 14.1. The molecular weight excluding hydrogens is 302 g/mol. The number of carbonyl (C=O) groups is 1. The van der Waals surface area contributed by atoms with Crippen LogP contribution in [0.3, 0.4) is 0 Å². The first-order valence-corrected chi connectivity index (χ1v) is 8.92. The number of hydrogen-bond acceptors (Lipinski definition) is 3. The maximum absolute atomic E-state index is 12.1. The Hall–Kier alpha value is -1.60. The van der Waals surface area contributed by atoms with E-state index in [1.165, 1.54) is 14.1 Å². The van der Waals surface area contributed by atoms with E-state index in [1.807, 2.05) is 6.07 Å². The van der Waals surface area contributed by atoms with Gasteiger partial charge >= 0.3 is 10.2 Å². The summed E-state index contributed by atoms with van der Waals surface area (Å²) in [6.07, 6.45) is 3.52. The van der Waals surface area contributed by atoms with Crippen LogP contribution in [-0.4, -0.2) is 39.3 Å². The predicted octanol–water partition coefficient (Wildman–Crippen LogP) is 1.98. The summed E-state index contributed by atoms with van der Waals surface area (Å²) in [6, 6.07) is 5.26. The van der Waals surface area contributed by atoms with Crippen molar-refractivity contribution in [3.05, 3.63) is 23.8 Å². The van der Waals surface area contributed by atoms with Crippen molar-refractivity contribution < 1.29 is 13.2 Å². The van der Waals surface area contributed by atoms with Gasteiger partial charge in [0.2, 0.25) is 5.91 Å². The first kappa shape index (κ1) is 16.8. The minimum Gasteiger partial charge on any atom is -0.312 e. The normalized spacial score (nSPS) is 14.5. The first-order chi connectivity index (χ1) is 10.3. The zero-order chi connectivity index (χ0) is 16.3. The van der Waals surface area contributed by atoms with Crippen molar-refractivity contribution in [2.24, 2.45) is 0 Å². The molecule has 0 saturated carbocycles. The molecular formula is C15H23N3O3S. The molecule has 0 spiro atoms. The van der Waals surface area contributed by atoms with E-state index in [0.717, 1.165) is 41.4 Å². The molecule has 1 N–H and O–H groups in total. The van der Waals surface area contributed by atoms with E-state index in [1.54, 1.807) is 17.0 Å². The van der Waals surface area contributed by atoms with Crippen molar-refractivity contribution in [1.29, 1.82) is 0 Å². The molecule has 0 saturated heterocycles. The molecule has 0 bridgehead atoms. The Morgan fingerprint density at radius 3 is 2.64 bits per heavy atom. The molecule has 7 heteroatoms. The molecule has 0 atom stereocenters. The fourth-order valence-corrected chi connectivity index (χ4v) is 3.06. The molecule has 6 nitrogen and oxygen atoms in total. The Kier molecular flexibility index (Phi) is 5.08. The van der Waals surface area contributed by atoms with Crippen molar-refractivity contribution in [3.8, 4) is 0 Å². The summed E-state index contributed by atoms with van der Waals surface area (Å²) in [4.78, 5) is 13.9. The zero-order valence-electron chi connectivity index (χ0n) is 13.3. The highest BCUT2D eigenvalue weighted by molar-refractivity contribution is 7.90. The number of nitrogens with one attached hydrogen (secondary N) is 1. The lowest BCUT2D eigenvalue weighted by Gasteiger charge is -2.18. The van der Waals surface area contributed by atoms with Gasteiger partial charge in [-0.1, -0.05) is 19.8 Å². The Bertz CT molecular complexity index is 656. The SMILES string of the molecule is CCCCCN1C(=O)Cc2cc(NS(=O)(=O)N(C)C)ccc21. The molecule has 22 heavy (non-hydrogen) atoms. The van der Waals surface area contributed by atoms with E-state index in [-0.39, 0.29) is 5.91 Å². The van der Waals surface area contributed by atoms with Crippen LogP contribution in [0.25, 0.3) is 0 Å². The van der Waals surface area contributed by atoms with Crippen LogP contribution in [0.5, 0.6) is 0 Å². The minimum atomic E-state index is -3.53. The number of amides is 1. The fourth-order valence-electron chi connectivity index (χ4n) is 2.45. The van der Waals surface area contributed by atoms with Crippen LogP contribution in [0.15, 0.2) is 18.2 Å². The molecule has 0 fully saturated rings. The lowest BCUT2D eigenvalue weighted by molar-refractivity contribution is -0.117. The Morgan fingerprint density at radius 1 is 1.27 bits per heavy atom. The average Bonchev–Trinajstić information content (AvgIpc) is 2.74. The number of fused-ring (bicyclic) bond motifs is 1. The summed E-state index contributed by atoms with van der Waals surface area (Å²) < 4.78 is 27.3. The number of hydrogen-bond donors (Lipinski definition) is 1. The molecule has 0 unspecified atom stereocenters. The van der Waals surface area contributed by atoms with Crippen molar-refractivity contribution >= 4 is 27.5 Å². The maximum atomic E-state index is 12.1. The van der Waals surface area contributed by atoms with Gasteiger partial charge < -0.3 is 4.90 Å². The third-order valence-corrected chi connectivity index (χ3v) is 5.18. The molecule has 0 aliphatic carbocycles. The summed E-state index contributed by atoms with van der Waals surface area (Å²) in [7, 11) is -0.595. The van der Waals surface area contributed by atoms with Crippen LogP contribution in [0.4, 0.5) is 11.4 Å². The second-order valence-electron chi connectivity index (χ2n) is 5.66. The summed E-state index contributed by atoms with van der Waals surface area (Å²) in [5.41, 5.74) is 2.25. The second-order valence-corrected chi connectivity index (χ2v) is 7.55. The Morgan fingerprint density at radius 2 is 2.00 bits per heavy atom. The highest BCUT2D eigenvalue weighted by Crippen LogP contribution is 2.31. The van der Waals surface area contributed by atoms with Gasteiger partial charge in [-0.3, -0.25) is 9.52 Å². The summed E-state index contributed by atoms with van der Waals surface area (Å²) in [5, 5.41) is 0. The van der Waals surface area contributed by atoms with Crippen LogP contribution in [-0.2, 0) is 21.4 Å². The van der Waals surface area contributed by atoms with Crippen molar-refractivity contribution in [2.45, 2.75) is 32.6 Å². The molecule has 1 aromatic rings. The van der Waals surface area contributed by atoms with Crippen LogP contribution >= 0.6 is 0 Å². The average molecular weight is 325 g/mol. The second kappa shape index (κ2) is 6.66. The first-order valence-electron chi connectivity index (χ1n) is 7.48. The Balaban J connectivity index is 2.16. The predicted molar refractivity (Wildman–Crippen MR) is 88.3 cm³/mol. The van der Waals surface area contributed by atoms with Gasteiger partial charge in [-0.25, -0.2) is 0 Å². The lowest BCUT2D eigenvalue weighted by Crippen LogP contribution is -2.29. The number of benzene rings is 1. The molecule has 1 heterocycles. The minimum absolute atomic E-state index is 0.0821. The van der Waals surface area contributed by atoms with Crippen molar-refractivity contribution in [3.63, 3.8) is 0 Å². The lowest BCUT2D eigenvalue weighted by atomic mass is 10.1. The van der Waals surface area contributed by atoms with Crippen LogP contribution < -0.4 is 9.62 Å². The number of rotatable bonds is 7. The number of carbonyl (C=O) groups excluding carboxylic acids is 1. The Labute approximate surface area is 132 Å². The van der Waals surface area contributed by atoms with Gasteiger partial charge in [-0.05, 0) is 30.2 Å². The molecule has 122 valence electrons. The molecule has 0 aromatic heterocycles. The van der Waals surface area contributed by atoms with E-state index in [0.29, 0.717) is 12.1 Å². The van der Waals surface area contributed by atoms with Crippen molar-refractivity contribution in [1.82, 2.24) is 4.31 Å². The molecule has 1 aliphatic heterocycles. The van der Waals surface area contributed by atoms with E-state index < -0.39 is 10.2 Å². The standard InChI is InChI=1S/C15H23N3O3S/c1-4-5-6-9-18-14-8-7-13(10-12(14)11-15(18)19)16-22(20,21)17(2)3/h7-8,10,16H,4-6,9,11H2,1-3H3. The quantitative estimate of drug-likeness (QED) is 0.779. The van der Waals surface area contributed by atoms with E-state index in [2.05, 4.69) is 11.6 Å². The highest BCUT2D eigenvalue weighted by atomic mass is 32.2. The monoisotopic (exact) mass is 325 g/mol. The number of unbranched alkanes of at least 4 members (excludes halogenated alkanes) is 2. The highest BCUT2D eigenvalue weighted by Gasteiger charge is 2.27. The van der Waals surface area contributed by atoms with Crippen LogP contribution in [0, 0.1) is 0 Å². The van der Waals surface area contributed by atoms with Gasteiger partial charge in [0.1, 0.15) is 0 Å². The topological polar surface area (TPSA) is 69.7 Å². The fraction of sp³-hybridized carbons (Fsp3) is 0.533. The van der Waals surface area contributed by atoms with Gasteiger partial charge in [-0.15, -0.1) is 0 Å². The third kappa shape index (κ3) is 3.59. The third-order valence-electron chi connectivity index (χ3n) is 3.73. The maximum Gasteiger partial charge on any atom is 0.301 e. The van der Waals surface area contributed by atoms with Gasteiger partial charge in [0.05, 0.1) is 12.1 Å². The van der Waals surface area contributed by atoms with Crippen molar-refractivity contribution in [2.75, 3.05) is 30.3 Å². The summed E-state index contributed by atoms with van der Waals surface area (Å²) >= 11 is 0. The molecule has 2 rings (SSSR count). The van der Waals surface area contributed by atoms with Gasteiger partial charge in [0.25, 0.3) is 0 Å². The van der Waals surface area contributed by atoms with E-state index in [9.17, 15) is 13.2 Å². The summed E-state index contributed by atoms with van der Waals surface area (Å²) in [5.74, 6) is 0.0821. The molecule has 1 aromatic carbocycles. The van der Waals surface area contributed by atoms with Gasteiger partial charge in [-0.2, -0.15) is 12.7 Å². The molecule has 0 radical (unpaired) electrons. The van der Waals surface area contributed by atoms with Crippen LogP contribution in [0.1, 0.15) is 31.7 Å². The number of anilines is 2. The molecule has 1 amide bonds. The molecule has 1 aliphatic rings. The smallest absolute Gasteiger partial charge is 0.301 e. The largest absolute Gasteiger partial charge is 0.312 e. The summed E-state index contributed by atoms with van der Waals surface area (Å²) in [6.45, 7) is 2.85. The number of nitrogens with zero attached hydrogens (tertiary/aromatic N) is 2. The van der Waals surface area contributed by atoms with Crippen LogP contribution in [0.2, 0.25) is 0 Å². The van der Waals surface area contributed by atoms with E-state index >= 15 is 0 Å².